The highest BCUT2D eigenvalue weighted by atomic mass is 35.5. The van der Waals surface area contributed by atoms with Crippen molar-refractivity contribution in [3.05, 3.63) is 28.8 Å². The molecule has 4 nitrogen and oxygen atoms in total. The van der Waals surface area contributed by atoms with Crippen LogP contribution in [-0.2, 0) is 10.0 Å². The molecule has 1 fully saturated rings. The molecule has 0 aromatic heterocycles. The van der Waals surface area contributed by atoms with E-state index in [4.69, 9.17) is 17.3 Å². The second kappa shape index (κ2) is 6.02. The Hall–Kier alpha value is -0.620. The van der Waals surface area contributed by atoms with Gasteiger partial charge in [0, 0.05) is 24.2 Å². The highest BCUT2D eigenvalue weighted by Crippen LogP contribution is 2.27. The van der Waals surface area contributed by atoms with Gasteiger partial charge in [-0.3, -0.25) is 0 Å². The third-order valence-electron chi connectivity index (χ3n) is 4.02. The van der Waals surface area contributed by atoms with Crippen molar-refractivity contribution >= 4 is 21.6 Å². The quantitative estimate of drug-likeness (QED) is 0.931. The van der Waals surface area contributed by atoms with Crippen LogP contribution >= 0.6 is 11.6 Å². The zero-order valence-corrected chi connectivity index (χ0v) is 13.4. The number of hydrogen-bond acceptors (Lipinski definition) is 3. The molecule has 6 heteroatoms. The first-order chi connectivity index (χ1) is 9.32. The van der Waals surface area contributed by atoms with Crippen LogP contribution < -0.4 is 5.73 Å². The minimum absolute atomic E-state index is 0.119. The maximum absolute atomic E-state index is 12.6. The maximum atomic E-state index is 12.6. The van der Waals surface area contributed by atoms with Gasteiger partial charge in [-0.15, -0.1) is 0 Å². The van der Waals surface area contributed by atoms with Gasteiger partial charge in [0.25, 0.3) is 0 Å². The SMILES string of the molecule is Cc1ccc(S(=O)(=O)N2CCC(C(C)N)CC2)cc1Cl. The van der Waals surface area contributed by atoms with E-state index in [1.165, 1.54) is 10.4 Å². The summed E-state index contributed by atoms with van der Waals surface area (Å²) in [5.74, 6) is 0.406. The van der Waals surface area contributed by atoms with Crippen molar-refractivity contribution in [1.29, 1.82) is 0 Å². The molecule has 0 radical (unpaired) electrons. The van der Waals surface area contributed by atoms with Crippen molar-refractivity contribution in [2.75, 3.05) is 13.1 Å². The van der Waals surface area contributed by atoms with E-state index in [9.17, 15) is 8.42 Å². The number of benzene rings is 1. The lowest BCUT2D eigenvalue weighted by atomic mass is 9.92. The summed E-state index contributed by atoms with van der Waals surface area (Å²) in [6.45, 7) is 4.89. The fraction of sp³-hybridized carbons (Fsp3) is 0.571. The Bertz CT molecular complexity index is 579. The van der Waals surface area contributed by atoms with Gasteiger partial charge in [0.15, 0.2) is 0 Å². The zero-order chi connectivity index (χ0) is 14.9. The molecule has 0 saturated carbocycles. The van der Waals surface area contributed by atoms with Crippen LogP contribution in [0.1, 0.15) is 25.3 Å². The third-order valence-corrected chi connectivity index (χ3v) is 6.33. The number of aryl methyl sites for hydroxylation is 1. The zero-order valence-electron chi connectivity index (χ0n) is 11.8. The molecule has 1 aromatic carbocycles. The highest BCUT2D eigenvalue weighted by Gasteiger charge is 2.30. The fourth-order valence-corrected chi connectivity index (χ4v) is 4.27. The number of sulfonamides is 1. The number of nitrogens with zero attached hydrogens (tertiary/aromatic N) is 1. The minimum Gasteiger partial charge on any atom is -0.328 e. The van der Waals surface area contributed by atoms with Gasteiger partial charge < -0.3 is 5.73 Å². The van der Waals surface area contributed by atoms with E-state index >= 15 is 0 Å². The van der Waals surface area contributed by atoms with Crippen molar-refractivity contribution in [1.82, 2.24) is 4.31 Å². The summed E-state index contributed by atoms with van der Waals surface area (Å²) >= 11 is 6.02. The summed E-state index contributed by atoms with van der Waals surface area (Å²) in [6.07, 6.45) is 1.63. The van der Waals surface area contributed by atoms with Crippen molar-refractivity contribution < 1.29 is 8.42 Å². The van der Waals surface area contributed by atoms with Crippen molar-refractivity contribution in [2.24, 2.45) is 11.7 Å². The van der Waals surface area contributed by atoms with E-state index in [1.807, 2.05) is 13.8 Å². The third kappa shape index (κ3) is 3.17. The maximum Gasteiger partial charge on any atom is 0.243 e. The molecule has 1 saturated heterocycles. The molecule has 2 N–H and O–H groups in total. The molecule has 0 aliphatic carbocycles. The standard InChI is InChI=1S/C14H21ClN2O2S/c1-10-3-4-13(9-14(10)15)20(18,19)17-7-5-12(6-8-17)11(2)16/h3-4,9,11-12H,5-8,16H2,1-2H3. The molecule has 1 aromatic rings. The summed E-state index contributed by atoms with van der Waals surface area (Å²) in [6, 6.07) is 5.01. The molecule has 1 atom stereocenters. The molecule has 1 heterocycles. The first-order valence-electron chi connectivity index (χ1n) is 6.84. The summed E-state index contributed by atoms with van der Waals surface area (Å²) in [5, 5.41) is 0.483. The molecule has 20 heavy (non-hydrogen) atoms. The van der Waals surface area contributed by atoms with Gasteiger partial charge in [-0.1, -0.05) is 17.7 Å². The number of rotatable bonds is 3. The Kier molecular flexibility index (Phi) is 4.74. The highest BCUT2D eigenvalue weighted by molar-refractivity contribution is 7.89. The molecular formula is C14H21ClN2O2S. The number of hydrogen-bond donors (Lipinski definition) is 1. The van der Waals surface area contributed by atoms with Crippen molar-refractivity contribution in [3.8, 4) is 0 Å². The lowest BCUT2D eigenvalue weighted by molar-refractivity contribution is 0.250. The Morgan fingerprint density at radius 3 is 2.45 bits per heavy atom. The van der Waals surface area contributed by atoms with E-state index in [-0.39, 0.29) is 10.9 Å². The number of nitrogens with two attached hydrogens (primary N) is 1. The van der Waals surface area contributed by atoms with Crippen LogP contribution in [0.4, 0.5) is 0 Å². The van der Waals surface area contributed by atoms with E-state index in [0.717, 1.165) is 18.4 Å². The van der Waals surface area contributed by atoms with Gasteiger partial charge in [0.1, 0.15) is 0 Å². The molecule has 0 spiro atoms. The molecule has 1 aliphatic rings. The van der Waals surface area contributed by atoms with Crippen LogP contribution in [-0.4, -0.2) is 31.9 Å². The second-order valence-corrected chi connectivity index (χ2v) is 7.86. The predicted molar refractivity (Wildman–Crippen MR) is 81.3 cm³/mol. The van der Waals surface area contributed by atoms with E-state index < -0.39 is 10.0 Å². The van der Waals surface area contributed by atoms with E-state index in [1.54, 1.807) is 12.1 Å². The Balaban J connectivity index is 2.17. The lowest BCUT2D eigenvalue weighted by Crippen LogP contribution is -2.42. The minimum atomic E-state index is -3.44. The molecule has 2 rings (SSSR count). The molecule has 112 valence electrons. The van der Waals surface area contributed by atoms with E-state index in [0.29, 0.717) is 24.0 Å². The summed E-state index contributed by atoms with van der Waals surface area (Å²) in [4.78, 5) is 0.271. The second-order valence-electron chi connectivity index (χ2n) is 5.51. The van der Waals surface area contributed by atoms with Crippen LogP contribution in [0.2, 0.25) is 5.02 Å². The average molecular weight is 317 g/mol. The molecule has 0 bridgehead atoms. The Labute approximate surface area is 126 Å². The average Bonchev–Trinajstić information content (AvgIpc) is 2.41. The molecular weight excluding hydrogens is 296 g/mol. The Morgan fingerprint density at radius 1 is 1.35 bits per heavy atom. The first kappa shape index (κ1) is 15.8. The summed E-state index contributed by atoms with van der Waals surface area (Å²) < 4.78 is 26.7. The van der Waals surface area contributed by atoms with Gasteiger partial charge in [-0.2, -0.15) is 4.31 Å². The van der Waals surface area contributed by atoms with Gasteiger partial charge in [-0.25, -0.2) is 8.42 Å². The molecule has 0 amide bonds. The number of piperidine rings is 1. The molecule has 1 unspecified atom stereocenters. The van der Waals surface area contributed by atoms with Crippen LogP contribution in [0.5, 0.6) is 0 Å². The van der Waals surface area contributed by atoms with Crippen LogP contribution in [0.25, 0.3) is 0 Å². The van der Waals surface area contributed by atoms with Gasteiger partial charge in [-0.05, 0) is 50.3 Å². The number of halogens is 1. The van der Waals surface area contributed by atoms with Crippen molar-refractivity contribution in [3.63, 3.8) is 0 Å². The lowest BCUT2D eigenvalue weighted by Gasteiger charge is -2.33. The van der Waals surface area contributed by atoms with Crippen LogP contribution in [0.15, 0.2) is 23.1 Å². The smallest absolute Gasteiger partial charge is 0.243 e. The summed E-state index contributed by atoms with van der Waals surface area (Å²) in [7, 11) is -3.44. The predicted octanol–water partition coefficient (Wildman–Crippen LogP) is 2.40. The normalized spacial score (nSPS) is 20.0. The molecule has 1 aliphatic heterocycles. The van der Waals surface area contributed by atoms with Gasteiger partial charge >= 0.3 is 0 Å². The summed E-state index contributed by atoms with van der Waals surface area (Å²) in [5.41, 5.74) is 6.76. The largest absolute Gasteiger partial charge is 0.328 e. The van der Waals surface area contributed by atoms with Crippen molar-refractivity contribution in [2.45, 2.75) is 37.6 Å². The monoisotopic (exact) mass is 316 g/mol. The van der Waals surface area contributed by atoms with Gasteiger partial charge in [0.2, 0.25) is 10.0 Å². The van der Waals surface area contributed by atoms with E-state index in [2.05, 4.69) is 0 Å². The fourth-order valence-electron chi connectivity index (χ4n) is 2.53. The Morgan fingerprint density at radius 2 is 1.95 bits per heavy atom. The van der Waals surface area contributed by atoms with Crippen LogP contribution in [0, 0.1) is 12.8 Å². The van der Waals surface area contributed by atoms with Crippen LogP contribution in [0.3, 0.4) is 0 Å². The topological polar surface area (TPSA) is 63.4 Å². The first-order valence-corrected chi connectivity index (χ1v) is 8.66. The van der Waals surface area contributed by atoms with Gasteiger partial charge in [0.05, 0.1) is 4.90 Å².